The van der Waals surface area contributed by atoms with E-state index < -0.39 is 29.5 Å². The van der Waals surface area contributed by atoms with Crippen molar-refractivity contribution in [3.05, 3.63) is 81.3 Å². The van der Waals surface area contributed by atoms with Crippen molar-refractivity contribution in [3.8, 4) is 5.75 Å². The second kappa shape index (κ2) is 9.45. The van der Waals surface area contributed by atoms with E-state index in [9.17, 15) is 18.4 Å². The fraction of sp³-hybridized carbons (Fsp3) is 0.190. The van der Waals surface area contributed by atoms with Gasteiger partial charge in [0.1, 0.15) is 18.4 Å². The molecule has 1 unspecified atom stereocenters. The van der Waals surface area contributed by atoms with Crippen LogP contribution in [0.15, 0.2) is 47.8 Å². The molecule has 1 heterocycles. The molecular weight excluding hydrogens is 412 g/mol. The number of carbonyl (C=O) groups excluding carboxylic acids is 2. The van der Waals surface area contributed by atoms with Crippen LogP contribution in [0.3, 0.4) is 0 Å². The van der Waals surface area contributed by atoms with Crippen LogP contribution >= 0.6 is 11.3 Å². The monoisotopic (exact) mass is 431 g/mol. The second-order valence-corrected chi connectivity index (χ2v) is 7.43. The molecule has 0 radical (unpaired) electrons. The molecule has 2 aromatic carbocycles. The van der Waals surface area contributed by atoms with Gasteiger partial charge in [-0.05, 0) is 42.8 Å². The summed E-state index contributed by atoms with van der Waals surface area (Å²) in [6, 6.07) is 8.26. The molecule has 0 aliphatic carbocycles. The summed E-state index contributed by atoms with van der Waals surface area (Å²) in [6.45, 7) is 2.15. The van der Waals surface area contributed by atoms with Gasteiger partial charge in [-0.1, -0.05) is 12.1 Å². The van der Waals surface area contributed by atoms with Crippen LogP contribution in [-0.4, -0.2) is 23.8 Å². The van der Waals surface area contributed by atoms with Gasteiger partial charge in [-0.3, -0.25) is 9.59 Å². The molecule has 1 atom stereocenters. The third-order valence-corrected chi connectivity index (χ3v) is 5.03. The molecule has 0 saturated carbocycles. The standard InChI is InChI=1S/C21H19F2N3O3S/c1-12-25-15(11-30-12)10-29-16-5-3-4-14(8-16)20(27)26-19(21(28)24-2)13-6-7-17(22)18(23)9-13/h3-9,11,19H,10H2,1-2H3,(H,24,28)(H,26,27). The molecule has 1 aromatic heterocycles. The number of nitrogens with one attached hydrogen (secondary N) is 2. The molecule has 0 bridgehead atoms. The summed E-state index contributed by atoms with van der Waals surface area (Å²) >= 11 is 1.52. The molecule has 0 aliphatic rings. The summed E-state index contributed by atoms with van der Waals surface area (Å²) in [5.41, 5.74) is 1.15. The Kier molecular flexibility index (Phi) is 6.73. The summed E-state index contributed by atoms with van der Waals surface area (Å²) in [4.78, 5) is 29.2. The highest BCUT2D eigenvalue weighted by molar-refractivity contribution is 7.09. The van der Waals surface area contributed by atoms with Crippen molar-refractivity contribution >= 4 is 23.2 Å². The van der Waals surface area contributed by atoms with Crippen LogP contribution in [0.5, 0.6) is 5.75 Å². The van der Waals surface area contributed by atoms with Crippen LogP contribution in [0, 0.1) is 18.6 Å². The molecule has 2 N–H and O–H groups in total. The Morgan fingerprint density at radius 3 is 2.63 bits per heavy atom. The number of amides is 2. The predicted molar refractivity (Wildman–Crippen MR) is 108 cm³/mol. The number of hydrogen-bond acceptors (Lipinski definition) is 5. The summed E-state index contributed by atoms with van der Waals surface area (Å²) in [7, 11) is 1.38. The van der Waals surface area contributed by atoms with E-state index in [1.165, 1.54) is 30.5 Å². The van der Waals surface area contributed by atoms with Gasteiger partial charge >= 0.3 is 0 Å². The number of thiazole rings is 1. The van der Waals surface area contributed by atoms with Gasteiger partial charge in [0, 0.05) is 18.0 Å². The van der Waals surface area contributed by atoms with E-state index in [1.807, 2.05) is 12.3 Å². The quantitative estimate of drug-likeness (QED) is 0.600. The zero-order valence-electron chi connectivity index (χ0n) is 16.2. The van der Waals surface area contributed by atoms with Gasteiger partial charge in [-0.15, -0.1) is 11.3 Å². The van der Waals surface area contributed by atoms with Crippen molar-refractivity contribution in [2.75, 3.05) is 7.05 Å². The highest BCUT2D eigenvalue weighted by Gasteiger charge is 2.23. The van der Waals surface area contributed by atoms with Gasteiger partial charge in [0.15, 0.2) is 11.6 Å². The largest absolute Gasteiger partial charge is 0.487 e. The average Bonchev–Trinajstić information content (AvgIpc) is 3.17. The van der Waals surface area contributed by atoms with Crippen molar-refractivity contribution in [1.82, 2.24) is 15.6 Å². The lowest BCUT2D eigenvalue weighted by atomic mass is 10.0. The minimum atomic E-state index is -1.19. The van der Waals surface area contributed by atoms with Crippen molar-refractivity contribution in [3.63, 3.8) is 0 Å². The molecule has 2 amide bonds. The van der Waals surface area contributed by atoms with E-state index in [1.54, 1.807) is 18.2 Å². The van der Waals surface area contributed by atoms with Gasteiger partial charge in [0.2, 0.25) is 5.91 Å². The van der Waals surface area contributed by atoms with Gasteiger partial charge in [-0.25, -0.2) is 13.8 Å². The number of nitrogens with zero attached hydrogens (tertiary/aromatic N) is 1. The smallest absolute Gasteiger partial charge is 0.252 e. The average molecular weight is 431 g/mol. The van der Waals surface area contributed by atoms with E-state index in [4.69, 9.17) is 4.74 Å². The van der Waals surface area contributed by atoms with E-state index in [-0.39, 0.29) is 17.7 Å². The molecule has 9 heteroatoms. The van der Waals surface area contributed by atoms with Crippen LogP contribution in [0.1, 0.15) is 32.7 Å². The number of benzene rings is 2. The lowest BCUT2D eigenvalue weighted by Crippen LogP contribution is -2.39. The molecule has 3 aromatic rings. The third kappa shape index (κ3) is 5.18. The Morgan fingerprint density at radius 2 is 1.97 bits per heavy atom. The minimum Gasteiger partial charge on any atom is -0.487 e. The first-order valence-corrected chi connectivity index (χ1v) is 9.86. The normalized spacial score (nSPS) is 11.6. The van der Waals surface area contributed by atoms with Crippen LogP contribution in [0.4, 0.5) is 8.78 Å². The molecular formula is C21H19F2N3O3S. The number of rotatable bonds is 7. The number of carbonyl (C=O) groups is 2. The van der Waals surface area contributed by atoms with Crippen molar-refractivity contribution in [2.45, 2.75) is 19.6 Å². The van der Waals surface area contributed by atoms with Gasteiger partial charge in [0.05, 0.1) is 10.7 Å². The summed E-state index contributed by atoms with van der Waals surface area (Å²) in [5.74, 6) is -2.83. The zero-order valence-corrected chi connectivity index (χ0v) is 17.1. The topological polar surface area (TPSA) is 80.3 Å². The zero-order chi connectivity index (χ0) is 21.7. The maximum absolute atomic E-state index is 13.6. The fourth-order valence-electron chi connectivity index (χ4n) is 2.71. The first kappa shape index (κ1) is 21.4. The van der Waals surface area contributed by atoms with Crippen LogP contribution in [0.25, 0.3) is 0 Å². The van der Waals surface area contributed by atoms with E-state index in [2.05, 4.69) is 15.6 Å². The summed E-state index contributed by atoms with van der Waals surface area (Å²) in [6.07, 6.45) is 0. The van der Waals surface area contributed by atoms with Gasteiger partial charge in [-0.2, -0.15) is 0 Å². The number of likely N-dealkylation sites (N-methyl/N-ethyl adjacent to an activating group) is 1. The second-order valence-electron chi connectivity index (χ2n) is 6.37. The Balaban J connectivity index is 1.75. The SMILES string of the molecule is CNC(=O)C(NC(=O)c1cccc(OCc2csc(C)n2)c1)c1ccc(F)c(F)c1. The van der Waals surface area contributed by atoms with E-state index >= 15 is 0 Å². The Labute approximate surface area is 175 Å². The molecule has 0 fully saturated rings. The van der Waals surface area contributed by atoms with Crippen LogP contribution < -0.4 is 15.4 Å². The summed E-state index contributed by atoms with van der Waals surface area (Å²) in [5, 5.41) is 7.77. The highest BCUT2D eigenvalue weighted by Crippen LogP contribution is 2.20. The van der Waals surface area contributed by atoms with Crippen molar-refractivity contribution in [2.24, 2.45) is 0 Å². The predicted octanol–water partition coefficient (Wildman–Crippen LogP) is 3.53. The maximum Gasteiger partial charge on any atom is 0.252 e. The van der Waals surface area contributed by atoms with E-state index in [0.29, 0.717) is 5.75 Å². The number of aryl methyl sites for hydroxylation is 1. The Morgan fingerprint density at radius 1 is 1.17 bits per heavy atom. The van der Waals surface area contributed by atoms with Gasteiger partial charge in [0.25, 0.3) is 5.91 Å². The van der Waals surface area contributed by atoms with E-state index in [0.717, 1.165) is 22.8 Å². The minimum absolute atomic E-state index is 0.118. The molecule has 0 aliphatic heterocycles. The number of halogens is 2. The first-order valence-electron chi connectivity index (χ1n) is 8.98. The molecule has 3 rings (SSSR count). The van der Waals surface area contributed by atoms with Crippen LogP contribution in [0.2, 0.25) is 0 Å². The Hall–Kier alpha value is -3.33. The lowest BCUT2D eigenvalue weighted by Gasteiger charge is -2.18. The molecule has 0 saturated heterocycles. The van der Waals surface area contributed by atoms with Crippen LogP contribution in [-0.2, 0) is 11.4 Å². The van der Waals surface area contributed by atoms with Gasteiger partial charge < -0.3 is 15.4 Å². The van der Waals surface area contributed by atoms with Crippen molar-refractivity contribution < 1.29 is 23.1 Å². The highest BCUT2D eigenvalue weighted by atomic mass is 32.1. The molecule has 0 spiro atoms. The molecule has 30 heavy (non-hydrogen) atoms. The Bertz CT molecular complexity index is 1070. The maximum atomic E-state index is 13.6. The fourth-order valence-corrected chi connectivity index (χ4v) is 3.31. The first-order chi connectivity index (χ1) is 14.4. The number of aromatic nitrogens is 1. The lowest BCUT2D eigenvalue weighted by molar-refractivity contribution is -0.122. The third-order valence-electron chi connectivity index (χ3n) is 4.21. The summed E-state index contributed by atoms with van der Waals surface area (Å²) < 4.78 is 32.5. The van der Waals surface area contributed by atoms with Crippen molar-refractivity contribution in [1.29, 1.82) is 0 Å². The molecule has 156 valence electrons. The number of hydrogen-bond donors (Lipinski definition) is 2. The molecule has 6 nitrogen and oxygen atoms in total. The number of ether oxygens (including phenoxy) is 1.